The molecule has 2 aromatic rings. The van der Waals surface area contributed by atoms with E-state index in [1.165, 1.54) is 18.3 Å². The first-order valence-electron chi connectivity index (χ1n) is 5.22. The number of aromatic nitrogens is 1. The Morgan fingerprint density at radius 3 is 2.47 bits per heavy atom. The fourth-order valence-corrected chi connectivity index (χ4v) is 1.95. The van der Waals surface area contributed by atoms with E-state index in [2.05, 4.69) is 20.9 Å². The van der Waals surface area contributed by atoms with Crippen molar-refractivity contribution in [1.82, 2.24) is 4.98 Å². The molecule has 2 rings (SSSR count). The van der Waals surface area contributed by atoms with Crippen LogP contribution >= 0.6 is 15.9 Å². The zero-order chi connectivity index (χ0) is 14.0. The van der Waals surface area contributed by atoms with Crippen molar-refractivity contribution in [1.29, 1.82) is 0 Å². The summed E-state index contributed by atoms with van der Waals surface area (Å²) in [6.07, 6.45) is -3.22. The van der Waals surface area contributed by atoms with Gasteiger partial charge in [0.25, 0.3) is 0 Å². The number of alkyl halides is 3. The van der Waals surface area contributed by atoms with E-state index < -0.39 is 23.1 Å². The maximum absolute atomic E-state index is 12.9. The van der Waals surface area contributed by atoms with Gasteiger partial charge in [-0.15, -0.1) is 0 Å². The maximum atomic E-state index is 12.9. The highest BCUT2D eigenvalue weighted by Crippen LogP contribution is 2.34. The van der Waals surface area contributed by atoms with Crippen LogP contribution in [0.5, 0.6) is 0 Å². The number of benzene rings is 1. The van der Waals surface area contributed by atoms with Crippen LogP contribution in [0.25, 0.3) is 0 Å². The largest absolute Gasteiger partial charge is 0.417 e. The quantitative estimate of drug-likeness (QED) is 0.776. The Kier molecular flexibility index (Phi) is 3.71. The second-order valence-electron chi connectivity index (χ2n) is 3.73. The molecule has 0 bridgehead atoms. The number of carbonyl (C=O) groups excluding carboxylic acids is 1. The van der Waals surface area contributed by atoms with E-state index in [1.54, 1.807) is 12.1 Å². The second-order valence-corrected chi connectivity index (χ2v) is 4.65. The Balaban J connectivity index is 2.56. The van der Waals surface area contributed by atoms with Gasteiger partial charge < -0.3 is 0 Å². The summed E-state index contributed by atoms with van der Waals surface area (Å²) >= 11 is 3.06. The zero-order valence-electron chi connectivity index (χ0n) is 9.41. The van der Waals surface area contributed by atoms with Gasteiger partial charge in [0.1, 0.15) is 5.69 Å². The number of carbonyl (C=O) groups is 1. The molecule has 0 radical (unpaired) electrons. The van der Waals surface area contributed by atoms with Crippen LogP contribution in [-0.2, 0) is 6.18 Å². The lowest BCUT2D eigenvalue weighted by Crippen LogP contribution is -2.14. The summed E-state index contributed by atoms with van der Waals surface area (Å²) in [6, 6.07) is 7.79. The zero-order valence-corrected chi connectivity index (χ0v) is 11.0. The molecule has 0 atom stereocenters. The predicted octanol–water partition coefficient (Wildman–Crippen LogP) is 4.09. The molecule has 0 saturated heterocycles. The lowest BCUT2D eigenvalue weighted by Gasteiger charge is -2.12. The van der Waals surface area contributed by atoms with E-state index in [0.29, 0.717) is 4.47 Å². The molecular weight excluding hydrogens is 323 g/mol. The molecule has 0 fully saturated rings. The van der Waals surface area contributed by atoms with Crippen molar-refractivity contribution >= 4 is 21.7 Å². The second kappa shape index (κ2) is 5.13. The van der Waals surface area contributed by atoms with E-state index >= 15 is 0 Å². The SMILES string of the molecule is O=C(c1ccccn1)c1cc(Br)ccc1C(F)(F)F. The molecule has 0 saturated carbocycles. The fraction of sp³-hybridized carbons (Fsp3) is 0.0769. The number of halogens is 4. The van der Waals surface area contributed by atoms with E-state index in [0.717, 1.165) is 12.1 Å². The van der Waals surface area contributed by atoms with E-state index in [9.17, 15) is 18.0 Å². The molecule has 0 spiro atoms. The Labute approximate surface area is 115 Å². The minimum Gasteiger partial charge on any atom is -0.287 e. The first kappa shape index (κ1) is 13.7. The smallest absolute Gasteiger partial charge is 0.287 e. The highest BCUT2D eigenvalue weighted by atomic mass is 79.9. The number of nitrogens with zero attached hydrogens (tertiary/aromatic N) is 1. The topological polar surface area (TPSA) is 30.0 Å². The average Bonchev–Trinajstić information content (AvgIpc) is 2.37. The molecule has 1 aromatic carbocycles. The van der Waals surface area contributed by atoms with Gasteiger partial charge in [0.15, 0.2) is 0 Å². The average molecular weight is 330 g/mol. The predicted molar refractivity (Wildman–Crippen MR) is 66.8 cm³/mol. The first-order chi connectivity index (χ1) is 8.89. The lowest BCUT2D eigenvalue weighted by molar-refractivity contribution is -0.137. The molecule has 0 aliphatic carbocycles. The third-order valence-corrected chi connectivity index (χ3v) is 2.92. The van der Waals surface area contributed by atoms with E-state index in [1.807, 2.05) is 0 Å². The summed E-state index contributed by atoms with van der Waals surface area (Å²) in [7, 11) is 0. The van der Waals surface area contributed by atoms with Crippen LogP contribution in [0.3, 0.4) is 0 Å². The van der Waals surface area contributed by atoms with Crippen LogP contribution in [0.2, 0.25) is 0 Å². The highest BCUT2D eigenvalue weighted by molar-refractivity contribution is 9.10. The van der Waals surface area contributed by atoms with Crippen molar-refractivity contribution in [2.24, 2.45) is 0 Å². The van der Waals surface area contributed by atoms with Crippen LogP contribution in [0.1, 0.15) is 21.6 Å². The standard InChI is InChI=1S/C13H7BrF3NO/c14-8-4-5-10(13(15,16)17)9(7-8)12(19)11-3-1-2-6-18-11/h1-7H. The van der Waals surface area contributed by atoms with Crippen molar-refractivity contribution in [3.05, 3.63) is 63.9 Å². The van der Waals surface area contributed by atoms with Gasteiger partial charge in [0.05, 0.1) is 5.56 Å². The summed E-state index contributed by atoms with van der Waals surface area (Å²) in [4.78, 5) is 15.9. The maximum Gasteiger partial charge on any atom is 0.417 e. The molecule has 0 aliphatic heterocycles. The van der Waals surface area contributed by atoms with Crippen molar-refractivity contribution in [2.45, 2.75) is 6.18 Å². The third kappa shape index (κ3) is 3.01. The first-order valence-corrected chi connectivity index (χ1v) is 6.01. The molecule has 0 N–H and O–H groups in total. The molecule has 0 amide bonds. The molecule has 1 aromatic heterocycles. The number of rotatable bonds is 2. The van der Waals surface area contributed by atoms with Crippen LogP contribution in [0, 0.1) is 0 Å². The van der Waals surface area contributed by atoms with Crippen LogP contribution in [0.15, 0.2) is 47.1 Å². The third-order valence-electron chi connectivity index (χ3n) is 2.43. The lowest BCUT2D eigenvalue weighted by atomic mass is 10.0. The molecule has 19 heavy (non-hydrogen) atoms. The van der Waals surface area contributed by atoms with Crippen LogP contribution < -0.4 is 0 Å². The number of ketones is 1. The fourth-order valence-electron chi connectivity index (χ4n) is 1.59. The van der Waals surface area contributed by atoms with Crippen LogP contribution in [-0.4, -0.2) is 10.8 Å². The van der Waals surface area contributed by atoms with Crippen molar-refractivity contribution < 1.29 is 18.0 Å². The van der Waals surface area contributed by atoms with Gasteiger partial charge in [0, 0.05) is 16.2 Å². The molecule has 0 aliphatic rings. The minimum atomic E-state index is -4.58. The molecule has 98 valence electrons. The van der Waals surface area contributed by atoms with E-state index in [-0.39, 0.29) is 5.69 Å². The molecule has 2 nitrogen and oxygen atoms in total. The van der Waals surface area contributed by atoms with Gasteiger partial charge in [0.2, 0.25) is 5.78 Å². The summed E-state index contributed by atoms with van der Waals surface area (Å²) < 4.78 is 39.0. The van der Waals surface area contributed by atoms with Crippen molar-refractivity contribution in [2.75, 3.05) is 0 Å². The normalized spacial score (nSPS) is 11.4. The summed E-state index contributed by atoms with van der Waals surface area (Å²) in [6.45, 7) is 0. The van der Waals surface area contributed by atoms with Gasteiger partial charge in [-0.05, 0) is 30.3 Å². The Morgan fingerprint density at radius 2 is 1.89 bits per heavy atom. The summed E-state index contributed by atoms with van der Waals surface area (Å²) in [5.74, 6) is -0.755. The summed E-state index contributed by atoms with van der Waals surface area (Å²) in [5.41, 5.74) is -1.40. The number of hydrogen-bond acceptors (Lipinski definition) is 2. The van der Waals surface area contributed by atoms with E-state index in [4.69, 9.17) is 0 Å². The van der Waals surface area contributed by atoms with Gasteiger partial charge in [-0.3, -0.25) is 9.78 Å². The molecule has 1 heterocycles. The minimum absolute atomic E-state index is 0.0221. The van der Waals surface area contributed by atoms with Crippen molar-refractivity contribution in [3.63, 3.8) is 0 Å². The monoisotopic (exact) mass is 329 g/mol. The number of hydrogen-bond donors (Lipinski definition) is 0. The number of pyridine rings is 1. The van der Waals surface area contributed by atoms with Crippen LogP contribution in [0.4, 0.5) is 13.2 Å². The van der Waals surface area contributed by atoms with Crippen molar-refractivity contribution in [3.8, 4) is 0 Å². The van der Waals surface area contributed by atoms with Gasteiger partial charge in [-0.1, -0.05) is 22.0 Å². The van der Waals surface area contributed by atoms with Gasteiger partial charge in [-0.25, -0.2) is 0 Å². The Bertz CT molecular complexity index is 611. The molecular formula is C13H7BrF3NO. The Hall–Kier alpha value is -1.69. The van der Waals surface area contributed by atoms with Gasteiger partial charge >= 0.3 is 6.18 Å². The highest BCUT2D eigenvalue weighted by Gasteiger charge is 2.35. The summed E-state index contributed by atoms with van der Waals surface area (Å²) in [5, 5.41) is 0. The molecule has 6 heteroatoms. The molecule has 0 unspecified atom stereocenters. The Morgan fingerprint density at radius 1 is 1.16 bits per heavy atom. The van der Waals surface area contributed by atoms with Gasteiger partial charge in [-0.2, -0.15) is 13.2 Å².